The Labute approximate surface area is 109 Å². The first-order valence-corrected chi connectivity index (χ1v) is 7.95. The van der Waals surface area contributed by atoms with E-state index in [4.69, 9.17) is 0 Å². The number of hydrogen-bond acceptors (Lipinski definition) is 4. The second kappa shape index (κ2) is 5.51. The van der Waals surface area contributed by atoms with Crippen LogP contribution in [-0.4, -0.2) is 36.6 Å². The predicted octanol–water partition coefficient (Wildman–Crippen LogP) is 2.24. The van der Waals surface area contributed by atoms with E-state index in [2.05, 4.69) is 35.7 Å². The molecule has 1 aliphatic heterocycles. The summed E-state index contributed by atoms with van der Waals surface area (Å²) in [6.07, 6.45) is 7.53. The highest BCUT2D eigenvalue weighted by atomic mass is 32.2. The standard InChI is InChI=1S/C13H25N3S/c1-13(2)8-14-12(15-9-13)16-10-5-4-6-11(7-10)17-3/h10-11H,4-9H2,1-3H3,(H2,14,15,16). The fourth-order valence-electron chi connectivity index (χ4n) is 2.51. The minimum Gasteiger partial charge on any atom is -0.356 e. The summed E-state index contributed by atoms with van der Waals surface area (Å²) >= 11 is 2.01. The van der Waals surface area contributed by atoms with Gasteiger partial charge >= 0.3 is 0 Å². The smallest absolute Gasteiger partial charge is 0.191 e. The van der Waals surface area contributed by atoms with Gasteiger partial charge in [-0.25, -0.2) is 0 Å². The molecule has 0 bridgehead atoms. The highest BCUT2D eigenvalue weighted by molar-refractivity contribution is 7.99. The highest BCUT2D eigenvalue weighted by Gasteiger charge is 2.25. The number of hydrogen-bond donors (Lipinski definition) is 2. The Morgan fingerprint density at radius 2 is 2.24 bits per heavy atom. The first-order chi connectivity index (χ1) is 8.09. The number of guanidine groups is 1. The second-order valence-electron chi connectivity index (χ2n) is 6.05. The monoisotopic (exact) mass is 255 g/mol. The minimum absolute atomic E-state index is 0.305. The average Bonchev–Trinajstić information content (AvgIpc) is 2.32. The molecule has 0 amide bonds. The van der Waals surface area contributed by atoms with Gasteiger partial charge in [-0.1, -0.05) is 20.3 Å². The second-order valence-corrected chi connectivity index (χ2v) is 7.19. The van der Waals surface area contributed by atoms with E-state index in [-0.39, 0.29) is 0 Å². The van der Waals surface area contributed by atoms with Gasteiger partial charge in [0.1, 0.15) is 0 Å². The lowest BCUT2D eigenvalue weighted by Gasteiger charge is -2.33. The molecule has 4 heteroatoms. The summed E-state index contributed by atoms with van der Waals surface area (Å²) < 4.78 is 0. The Morgan fingerprint density at radius 3 is 2.88 bits per heavy atom. The van der Waals surface area contributed by atoms with Crippen molar-refractivity contribution < 1.29 is 0 Å². The molecule has 2 N–H and O–H groups in total. The molecule has 3 nitrogen and oxygen atoms in total. The summed E-state index contributed by atoms with van der Waals surface area (Å²) in [4.78, 5) is 4.61. The van der Waals surface area contributed by atoms with E-state index < -0.39 is 0 Å². The molecule has 0 aromatic rings. The lowest BCUT2D eigenvalue weighted by molar-refractivity contribution is 0.350. The number of thioether (sulfide) groups is 1. The van der Waals surface area contributed by atoms with Crippen LogP contribution in [0.2, 0.25) is 0 Å². The van der Waals surface area contributed by atoms with E-state index in [9.17, 15) is 0 Å². The lowest BCUT2D eigenvalue weighted by atomic mass is 9.92. The molecular weight excluding hydrogens is 230 g/mol. The van der Waals surface area contributed by atoms with Crippen LogP contribution in [0.1, 0.15) is 39.5 Å². The molecule has 0 aromatic heterocycles. The number of nitrogens with one attached hydrogen (secondary N) is 2. The van der Waals surface area contributed by atoms with Crippen LogP contribution < -0.4 is 10.6 Å². The van der Waals surface area contributed by atoms with Crippen LogP contribution in [0.15, 0.2) is 4.99 Å². The maximum Gasteiger partial charge on any atom is 0.191 e. The Kier molecular flexibility index (Phi) is 4.23. The topological polar surface area (TPSA) is 36.4 Å². The third-order valence-corrected chi connectivity index (χ3v) is 4.79. The van der Waals surface area contributed by atoms with Crippen LogP contribution in [0.4, 0.5) is 0 Å². The van der Waals surface area contributed by atoms with Crippen molar-refractivity contribution in [2.75, 3.05) is 19.3 Å². The van der Waals surface area contributed by atoms with Crippen LogP contribution in [0.5, 0.6) is 0 Å². The zero-order valence-electron chi connectivity index (χ0n) is 11.3. The van der Waals surface area contributed by atoms with Crippen molar-refractivity contribution in [2.24, 2.45) is 10.4 Å². The predicted molar refractivity (Wildman–Crippen MR) is 76.8 cm³/mol. The van der Waals surface area contributed by atoms with Gasteiger partial charge in [-0.3, -0.25) is 4.99 Å². The summed E-state index contributed by atoms with van der Waals surface area (Å²) in [5, 5.41) is 7.84. The highest BCUT2D eigenvalue weighted by Crippen LogP contribution is 2.27. The van der Waals surface area contributed by atoms with Crippen molar-refractivity contribution in [3.8, 4) is 0 Å². The zero-order valence-corrected chi connectivity index (χ0v) is 12.1. The molecule has 2 aliphatic rings. The molecule has 17 heavy (non-hydrogen) atoms. The van der Waals surface area contributed by atoms with Gasteiger partial charge in [0.15, 0.2) is 5.96 Å². The van der Waals surface area contributed by atoms with Gasteiger partial charge in [-0.2, -0.15) is 11.8 Å². The van der Waals surface area contributed by atoms with Crippen LogP contribution in [0.3, 0.4) is 0 Å². The minimum atomic E-state index is 0.305. The molecule has 0 aromatic carbocycles. The lowest BCUT2D eigenvalue weighted by Crippen LogP contribution is -2.51. The fraction of sp³-hybridized carbons (Fsp3) is 0.923. The molecule has 1 aliphatic carbocycles. The van der Waals surface area contributed by atoms with Crippen LogP contribution in [-0.2, 0) is 0 Å². The molecule has 0 saturated heterocycles. The SMILES string of the molecule is CSC1CCCC(NC2=NCC(C)(C)CN2)C1. The van der Waals surface area contributed by atoms with Crippen molar-refractivity contribution in [3.05, 3.63) is 0 Å². The number of rotatable bonds is 2. The van der Waals surface area contributed by atoms with Gasteiger partial charge in [-0.05, 0) is 25.5 Å². The Bertz CT molecular complexity index is 288. The Balaban J connectivity index is 1.83. The van der Waals surface area contributed by atoms with E-state index in [0.29, 0.717) is 11.5 Å². The molecule has 2 unspecified atom stereocenters. The molecule has 98 valence electrons. The van der Waals surface area contributed by atoms with Gasteiger partial charge in [0.2, 0.25) is 0 Å². The third-order valence-electron chi connectivity index (χ3n) is 3.70. The quantitative estimate of drug-likeness (QED) is 0.794. The van der Waals surface area contributed by atoms with Crippen LogP contribution in [0, 0.1) is 5.41 Å². The van der Waals surface area contributed by atoms with Gasteiger partial charge in [0, 0.05) is 29.8 Å². The van der Waals surface area contributed by atoms with Crippen molar-refractivity contribution in [1.29, 1.82) is 0 Å². The number of aliphatic imine (C=N–C) groups is 1. The summed E-state index contributed by atoms with van der Waals surface area (Å²) in [7, 11) is 0. The first kappa shape index (κ1) is 13.1. The molecule has 1 fully saturated rings. The molecule has 0 spiro atoms. The average molecular weight is 255 g/mol. The van der Waals surface area contributed by atoms with Gasteiger partial charge in [0.05, 0.1) is 0 Å². The molecule has 2 rings (SSSR count). The van der Waals surface area contributed by atoms with Crippen LogP contribution in [0.25, 0.3) is 0 Å². The summed E-state index contributed by atoms with van der Waals surface area (Å²) in [5.74, 6) is 1.02. The molecule has 1 saturated carbocycles. The van der Waals surface area contributed by atoms with E-state index in [1.807, 2.05) is 11.8 Å². The summed E-state index contributed by atoms with van der Waals surface area (Å²) in [6, 6.07) is 0.619. The van der Waals surface area contributed by atoms with E-state index >= 15 is 0 Å². The maximum atomic E-state index is 4.61. The van der Waals surface area contributed by atoms with Gasteiger partial charge in [0.25, 0.3) is 0 Å². The van der Waals surface area contributed by atoms with E-state index in [1.54, 1.807) is 0 Å². The van der Waals surface area contributed by atoms with Crippen molar-refractivity contribution in [3.63, 3.8) is 0 Å². The Hall–Kier alpha value is -0.380. The maximum absolute atomic E-state index is 4.61. The summed E-state index contributed by atoms with van der Waals surface area (Å²) in [6.45, 7) is 6.47. The van der Waals surface area contributed by atoms with Crippen molar-refractivity contribution >= 4 is 17.7 Å². The molecule has 1 heterocycles. The largest absolute Gasteiger partial charge is 0.356 e. The first-order valence-electron chi connectivity index (χ1n) is 6.67. The van der Waals surface area contributed by atoms with Crippen LogP contribution >= 0.6 is 11.8 Å². The molecular formula is C13H25N3S. The van der Waals surface area contributed by atoms with E-state index in [1.165, 1.54) is 25.7 Å². The van der Waals surface area contributed by atoms with Crippen molar-refractivity contribution in [2.45, 2.75) is 50.8 Å². The Morgan fingerprint density at radius 1 is 1.41 bits per heavy atom. The zero-order chi connectivity index (χ0) is 12.3. The number of nitrogens with zero attached hydrogens (tertiary/aromatic N) is 1. The fourth-order valence-corrected chi connectivity index (χ4v) is 3.34. The normalized spacial score (nSPS) is 32.5. The van der Waals surface area contributed by atoms with Gasteiger partial charge < -0.3 is 10.6 Å². The third kappa shape index (κ3) is 3.80. The van der Waals surface area contributed by atoms with Gasteiger partial charge in [-0.15, -0.1) is 0 Å². The molecule has 2 atom stereocenters. The summed E-state index contributed by atoms with van der Waals surface area (Å²) in [5.41, 5.74) is 0.305. The van der Waals surface area contributed by atoms with Crippen molar-refractivity contribution in [1.82, 2.24) is 10.6 Å². The van der Waals surface area contributed by atoms with E-state index in [0.717, 1.165) is 24.3 Å². The molecule has 0 radical (unpaired) electrons.